The zero-order valence-electron chi connectivity index (χ0n) is 10.4. The molecule has 19 heavy (non-hydrogen) atoms. The minimum atomic E-state index is 0.922. The van der Waals surface area contributed by atoms with Crippen LogP contribution in [0.2, 0.25) is 0 Å². The predicted molar refractivity (Wildman–Crippen MR) is 82.6 cm³/mol. The predicted octanol–water partition coefficient (Wildman–Crippen LogP) is 4.59. The third kappa shape index (κ3) is 2.55. The van der Waals surface area contributed by atoms with E-state index in [0.29, 0.717) is 0 Å². The number of thioether (sulfide) groups is 1. The second kappa shape index (κ2) is 5.55. The first-order valence-electron chi connectivity index (χ1n) is 5.89. The SMILES string of the molecule is CSc1ccccc1-c1ccc(-c2cccs2)nn1. The zero-order chi connectivity index (χ0) is 13.1. The van der Waals surface area contributed by atoms with E-state index >= 15 is 0 Å². The van der Waals surface area contributed by atoms with Crippen molar-refractivity contribution in [1.82, 2.24) is 10.2 Å². The Labute approximate surface area is 120 Å². The molecule has 1 aromatic carbocycles. The molecular formula is C15H12N2S2. The van der Waals surface area contributed by atoms with E-state index in [0.717, 1.165) is 21.8 Å². The van der Waals surface area contributed by atoms with Crippen LogP contribution in [0, 0.1) is 0 Å². The molecule has 0 spiro atoms. The molecule has 0 atom stereocenters. The highest BCUT2D eigenvalue weighted by atomic mass is 32.2. The van der Waals surface area contributed by atoms with Crippen molar-refractivity contribution in [3.05, 3.63) is 53.9 Å². The Morgan fingerprint density at radius 1 is 0.895 bits per heavy atom. The number of thiophene rings is 1. The topological polar surface area (TPSA) is 25.8 Å². The van der Waals surface area contributed by atoms with Gasteiger partial charge in [0.05, 0.1) is 10.6 Å². The van der Waals surface area contributed by atoms with Crippen molar-refractivity contribution < 1.29 is 0 Å². The van der Waals surface area contributed by atoms with Gasteiger partial charge in [-0.25, -0.2) is 0 Å². The molecule has 0 radical (unpaired) electrons. The fourth-order valence-electron chi connectivity index (χ4n) is 1.89. The number of nitrogens with zero attached hydrogens (tertiary/aromatic N) is 2. The molecule has 0 aliphatic carbocycles. The summed E-state index contributed by atoms with van der Waals surface area (Å²) in [4.78, 5) is 2.37. The fraction of sp³-hybridized carbons (Fsp3) is 0.0667. The molecule has 2 nitrogen and oxygen atoms in total. The Bertz CT molecular complexity index is 661. The quantitative estimate of drug-likeness (QED) is 0.658. The Morgan fingerprint density at radius 3 is 2.37 bits per heavy atom. The summed E-state index contributed by atoms with van der Waals surface area (Å²) >= 11 is 3.41. The van der Waals surface area contributed by atoms with Crippen LogP contribution in [0.25, 0.3) is 21.8 Å². The van der Waals surface area contributed by atoms with Crippen molar-refractivity contribution in [3.63, 3.8) is 0 Å². The van der Waals surface area contributed by atoms with Gasteiger partial charge in [0.25, 0.3) is 0 Å². The first kappa shape index (κ1) is 12.4. The van der Waals surface area contributed by atoms with Crippen LogP contribution >= 0.6 is 23.1 Å². The Morgan fingerprint density at radius 2 is 1.68 bits per heavy atom. The molecule has 0 aliphatic rings. The smallest absolute Gasteiger partial charge is 0.103 e. The normalized spacial score (nSPS) is 10.6. The number of rotatable bonds is 3. The maximum atomic E-state index is 4.36. The van der Waals surface area contributed by atoms with Crippen LogP contribution in [0.4, 0.5) is 0 Å². The summed E-state index contributed by atoms with van der Waals surface area (Å²) in [5.41, 5.74) is 2.99. The van der Waals surface area contributed by atoms with E-state index in [1.54, 1.807) is 23.1 Å². The van der Waals surface area contributed by atoms with Gasteiger partial charge in [0, 0.05) is 10.5 Å². The highest BCUT2D eigenvalue weighted by molar-refractivity contribution is 7.98. The highest BCUT2D eigenvalue weighted by Crippen LogP contribution is 2.29. The molecule has 0 fully saturated rings. The lowest BCUT2D eigenvalue weighted by Gasteiger charge is -2.06. The average Bonchev–Trinajstić information content (AvgIpc) is 3.02. The van der Waals surface area contributed by atoms with Crippen molar-refractivity contribution in [2.75, 3.05) is 6.26 Å². The van der Waals surface area contributed by atoms with E-state index in [1.807, 2.05) is 35.7 Å². The number of benzene rings is 1. The first-order valence-corrected chi connectivity index (χ1v) is 8.00. The standard InChI is InChI=1S/C15H12N2S2/c1-18-14-6-3-2-5-11(14)12-8-9-13(17-16-12)15-7-4-10-19-15/h2-10H,1H3. The van der Waals surface area contributed by atoms with E-state index in [-0.39, 0.29) is 0 Å². The minimum absolute atomic E-state index is 0.922. The molecule has 4 heteroatoms. The van der Waals surface area contributed by atoms with Gasteiger partial charge in [0.1, 0.15) is 5.69 Å². The molecule has 0 amide bonds. The molecule has 3 aromatic rings. The zero-order valence-corrected chi connectivity index (χ0v) is 12.0. The van der Waals surface area contributed by atoms with Crippen LogP contribution in [0.1, 0.15) is 0 Å². The van der Waals surface area contributed by atoms with Gasteiger partial charge in [0.2, 0.25) is 0 Å². The van der Waals surface area contributed by atoms with Crippen molar-refractivity contribution >= 4 is 23.1 Å². The molecule has 3 rings (SSSR count). The molecular weight excluding hydrogens is 272 g/mol. The van der Waals surface area contributed by atoms with Crippen LogP contribution < -0.4 is 0 Å². The van der Waals surface area contributed by atoms with Gasteiger partial charge < -0.3 is 0 Å². The van der Waals surface area contributed by atoms with Crippen LogP contribution in [0.15, 0.2) is 58.8 Å². The molecule has 0 N–H and O–H groups in total. The molecule has 0 saturated heterocycles. The molecule has 0 saturated carbocycles. The van der Waals surface area contributed by atoms with E-state index in [2.05, 4.69) is 34.7 Å². The summed E-state index contributed by atoms with van der Waals surface area (Å²) < 4.78 is 0. The fourth-order valence-corrected chi connectivity index (χ4v) is 3.19. The lowest BCUT2D eigenvalue weighted by Crippen LogP contribution is -1.90. The van der Waals surface area contributed by atoms with E-state index < -0.39 is 0 Å². The second-order valence-electron chi connectivity index (χ2n) is 3.98. The van der Waals surface area contributed by atoms with Crippen molar-refractivity contribution in [2.45, 2.75) is 4.90 Å². The van der Waals surface area contributed by atoms with E-state index in [4.69, 9.17) is 0 Å². The van der Waals surface area contributed by atoms with Crippen molar-refractivity contribution in [3.8, 4) is 21.8 Å². The van der Waals surface area contributed by atoms with Crippen LogP contribution in [0.5, 0.6) is 0 Å². The first-order chi connectivity index (χ1) is 9.38. The third-order valence-electron chi connectivity index (χ3n) is 2.82. The minimum Gasteiger partial charge on any atom is -0.150 e. The summed E-state index contributed by atoms with van der Waals surface area (Å²) in [6, 6.07) is 16.4. The molecule has 0 aliphatic heterocycles. The van der Waals surface area contributed by atoms with Gasteiger partial charge in [0.15, 0.2) is 0 Å². The maximum absolute atomic E-state index is 4.36. The monoisotopic (exact) mass is 284 g/mol. The van der Waals surface area contributed by atoms with Crippen LogP contribution in [0.3, 0.4) is 0 Å². The second-order valence-corrected chi connectivity index (χ2v) is 5.78. The van der Waals surface area contributed by atoms with E-state index in [1.165, 1.54) is 4.90 Å². The summed E-state index contributed by atoms with van der Waals surface area (Å²) in [6.45, 7) is 0. The summed E-state index contributed by atoms with van der Waals surface area (Å²) in [7, 11) is 0. The lowest BCUT2D eigenvalue weighted by atomic mass is 10.1. The van der Waals surface area contributed by atoms with Gasteiger partial charge in [-0.05, 0) is 35.9 Å². The molecule has 2 heterocycles. The Hall–Kier alpha value is -1.65. The van der Waals surface area contributed by atoms with Gasteiger partial charge >= 0.3 is 0 Å². The van der Waals surface area contributed by atoms with Gasteiger partial charge in [-0.1, -0.05) is 24.3 Å². The number of hydrogen-bond acceptors (Lipinski definition) is 4. The Kier molecular flexibility index (Phi) is 3.62. The summed E-state index contributed by atoms with van der Waals surface area (Å²) in [5.74, 6) is 0. The van der Waals surface area contributed by atoms with E-state index in [9.17, 15) is 0 Å². The van der Waals surface area contributed by atoms with Crippen molar-refractivity contribution in [1.29, 1.82) is 0 Å². The molecule has 2 aromatic heterocycles. The van der Waals surface area contributed by atoms with Crippen molar-refractivity contribution in [2.24, 2.45) is 0 Å². The number of hydrogen-bond donors (Lipinski definition) is 0. The van der Waals surface area contributed by atoms with Gasteiger partial charge in [-0.2, -0.15) is 0 Å². The van der Waals surface area contributed by atoms with Gasteiger partial charge in [-0.3, -0.25) is 0 Å². The lowest BCUT2D eigenvalue weighted by molar-refractivity contribution is 1.04. The highest BCUT2D eigenvalue weighted by Gasteiger charge is 2.07. The largest absolute Gasteiger partial charge is 0.150 e. The molecule has 94 valence electrons. The Balaban J connectivity index is 1.99. The maximum Gasteiger partial charge on any atom is 0.103 e. The van der Waals surface area contributed by atoms with Gasteiger partial charge in [-0.15, -0.1) is 33.3 Å². The molecule has 0 unspecified atom stereocenters. The summed E-state index contributed by atoms with van der Waals surface area (Å²) in [6.07, 6.45) is 2.08. The third-order valence-corrected chi connectivity index (χ3v) is 4.51. The van der Waals surface area contributed by atoms with Crippen LogP contribution in [-0.2, 0) is 0 Å². The van der Waals surface area contributed by atoms with Crippen LogP contribution in [-0.4, -0.2) is 16.5 Å². The molecule has 0 bridgehead atoms. The number of aromatic nitrogens is 2. The summed E-state index contributed by atoms with van der Waals surface area (Å²) in [5, 5.41) is 10.7. The average molecular weight is 284 g/mol.